The van der Waals surface area contributed by atoms with Gasteiger partial charge in [0.05, 0.1) is 17.0 Å². The molecule has 0 aliphatic carbocycles. The number of sulfonamides is 1. The Balaban J connectivity index is 2.27. The predicted octanol–water partition coefficient (Wildman–Crippen LogP) is 1.88. The molecule has 6 nitrogen and oxygen atoms in total. The average molecular weight is 326 g/mol. The lowest BCUT2D eigenvalue weighted by Gasteiger charge is -2.09. The largest absolute Gasteiger partial charge is 0.478 e. The molecule has 0 aliphatic heterocycles. The molecule has 0 fully saturated rings. The van der Waals surface area contributed by atoms with Crippen LogP contribution in [0.4, 0.5) is 0 Å². The van der Waals surface area contributed by atoms with Crippen LogP contribution in [0, 0.1) is 0 Å². The van der Waals surface area contributed by atoms with Crippen LogP contribution in [0.1, 0.15) is 27.9 Å². The molecule has 2 N–H and O–H groups in total. The normalized spacial score (nSPS) is 11.5. The Labute approximate surface area is 126 Å². The lowest BCUT2D eigenvalue weighted by atomic mass is 10.1. The van der Waals surface area contributed by atoms with Crippen LogP contribution in [-0.2, 0) is 23.0 Å². The molecule has 1 aromatic carbocycles. The van der Waals surface area contributed by atoms with Crippen molar-refractivity contribution in [1.29, 1.82) is 0 Å². The third-order valence-electron chi connectivity index (χ3n) is 2.90. The van der Waals surface area contributed by atoms with E-state index in [0.29, 0.717) is 17.0 Å². The Morgan fingerprint density at radius 2 is 2.19 bits per heavy atom. The van der Waals surface area contributed by atoms with Gasteiger partial charge in [0.15, 0.2) is 0 Å². The van der Waals surface area contributed by atoms with Gasteiger partial charge in [0.2, 0.25) is 10.0 Å². The van der Waals surface area contributed by atoms with E-state index in [0.717, 1.165) is 0 Å². The van der Waals surface area contributed by atoms with Crippen molar-refractivity contribution in [1.82, 2.24) is 9.71 Å². The fourth-order valence-corrected chi connectivity index (χ4v) is 3.47. The van der Waals surface area contributed by atoms with Gasteiger partial charge >= 0.3 is 5.97 Å². The van der Waals surface area contributed by atoms with Crippen LogP contribution in [0.5, 0.6) is 0 Å². The van der Waals surface area contributed by atoms with Gasteiger partial charge in [-0.1, -0.05) is 13.0 Å². The van der Waals surface area contributed by atoms with Gasteiger partial charge in [-0.3, -0.25) is 0 Å². The third-order valence-corrected chi connectivity index (χ3v) is 5.08. The zero-order valence-corrected chi connectivity index (χ0v) is 12.9. The summed E-state index contributed by atoms with van der Waals surface area (Å²) in [5.41, 5.74) is 0.607. The Morgan fingerprint density at radius 1 is 1.43 bits per heavy atom. The first kappa shape index (κ1) is 15.6. The molecule has 1 heterocycles. The molecule has 21 heavy (non-hydrogen) atoms. The maximum Gasteiger partial charge on any atom is 0.336 e. The molecule has 0 unspecified atom stereocenters. The minimum Gasteiger partial charge on any atom is -0.478 e. The number of nitrogens with one attached hydrogen (secondary N) is 1. The van der Waals surface area contributed by atoms with Gasteiger partial charge in [-0.15, -0.1) is 11.3 Å². The minimum atomic E-state index is -3.76. The van der Waals surface area contributed by atoms with Crippen LogP contribution < -0.4 is 4.72 Å². The highest BCUT2D eigenvalue weighted by Crippen LogP contribution is 2.17. The number of carboxylic acid groups (broad SMARTS) is 1. The monoisotopic (exact) mass is 326 g/mol. The van der Waals surface area contributed by atoms with Crippen LogP contribution in [0.2, 0.25) is 0 Å². The van der Waals surface area contributed by atoms with Gasteiger partial charge in [-0.05, 0) is 24.1 Å². The first-order valence-corrected chi connectivity index (χ1v) is 8.54. The number of carboxylic acids is 1. The number of hydrogen-bond acceptors (Lipinski definition) is 5. The molecule has 8 heteroatoms. The fourth-order valence-electron chi connectivity index (χ4n) is 1.81. The molecular weight excluding hydrogens is 312 g/mol. The van der Waals surface area contributed by atoms with E-state index < -0.39 is 16.0 Å². The number of aryl methyl sites for hydroxylation is 1. The van der Waals surface area contributed by atoms with E-state index in [1.54, 1.807) is 11.6 Å². The molecule has 1 aromatic heterocycles. The van der Waals surface area contributed by atoms with Crippen molar-refractivity contribution in [3.63, 3.8) is 0 Å². The zero-order chi connectivity index (χ0) is 15.5. The molecule has 2 aromatic rings. The molecule has 0 saturated heterocycles. The van der Waals surface area contributed by atoms with Crippen LogP contribution >= 0.6 is 11.3 Å². The zero-order valence-electron chi connectivity index (χ0n) is 11.2. The van der Waals surface area contributed by atoms with Crippen LogP contribution in [0.3, 0.4) is 0 Å². The summed E-state index contributed by atoms with van der Waals surface area (Å²) in [6.45, 7) is 1.90. The van der Waals surface area contributed by atoms with Crippen molar-refractivity contribution < 1.29 is 18.3 Å². The molecule has 112 valence electrons. The summed E-state index contributed by atoms with van der Waals surface area (Å²) < 4.78 is 26.8. The van der Waals surface area contributed by atoms with E-state index in [1.807, 2.05) is 6.92 Å². The van der Waals surface area contributed by atoms with E-state index in [4.69, 9.17) is 5.11 Å². The van der Waals surface area contributed by atoms with Crippen LogP contribution in [0.15, 0.2) is 34.7 Å². The molecule has 0 amide bonds. The predicted molar refractivity (Wildman–Crippen MR) is 78.9 cm³/mol. The number of thiazole rings is 1. The Bertz CT molecular complexity index is 740. The average Bonchev–Trinajstić information content (AvgIpc) is 2.97. The Kier molecular flexibility index (Phi) is 4.71. The van der Waals surface area contributed by atoms with E-state index in [2.05, 4.69) is 9.71 Å². The molecule has 0 radical (unpaired) electrons. The highest BCUT2D eigenvalue weighted by Gasteiger charge is 2.18. The van der Waals surface area contributed by atoms with Crippen molar-refractivity contribution in [2.75, 3.05) is 0 Å². The maximum atomic E-state index is 12.2. The second kappa shape index (κ2) is 6.33. The van der Waals surface area contributed by atoms with Gasteiger partial charge in [0.25, 0.3) is 0 Å². The van der Waals surface area contributed by atoms with Crippen molar-refractivity contribution in [2.24, 2.45) is 0 Å². The summed E-state index contributed by atoms with van der Waals surface area (Å²) in [5, 5.41) is 11.5. The number of nitrogens with zero attached hydrogens (tertiary/aromatic N) is 1. The van der Waals surface area contributed by atoms with E-state index in [-0.39, 0.29) is 17.0 Å². The van der Waals surface area contributed by atoms with Crippen LogP contribution in [0.25, 0.3) is 0 Å². The SMILES string of the molecule is CCc1ccc(S(=O)(=O)NCc2nccs2)cc1C(=O)O. The first-order chi connectivity index (χ1) is 9.94. The molecule has 0 atom stereocenters. The second-order valence-electron chi connectivity index (χ2n) is 4.23. The summed E-state index contributed by atoms with van der Waals surface area (Å²) in [6.07, 6.45) is 2.11. The Hall–Kier alpha value is -1.77. The van der Waals surface area contributed by atoms with Gasteiger partial charge < -0.3 is 5.11 Å². The summed E-state index contributed by atoms with van der Waals surface area (Å²) in [7, 11) is -3.76. The summed E-state index contributed by atoms with van der Waals surface area (Å²) >= 11 is 1.34. The number of benzene rings is 1. The highest BCUT2D eigenvalue weighted by molar-refractivity contribution is 7.89. The van der Waals surface area contributed by atoms with Crippen molar-refractivity contribution >= 4 is 27.3 Å². The standard InChI is InChI=1S/C13H14N2O4S2/c1-2-9-3-4-10(7-11(9)13(16)17)21(18,19)15-8-12-14-5-6-20-12/h3-7,15H,2,8H2,1H3,(H,16,17). The number of aromatic nitrogens is 1. The number of carbonyl (C=O) groups is 1. The molecule has 0 bridgehead atoms. The van der Waals surface area contributed by atoms with Gasteiger partial charge in [-0.25, -0.2) is 22.9 Å². The second-order valence-corrected chi connectivity index (χ2v) is 6.97. The number of rotatable bonds is 6. The third kappa shape index (κ3) is 3.66. The van der Waals surface area contributed by atoms with Crippen molar-refractivity contribution in [3.8, 4) is 0 Å². The Morgan fingerprint density at radius 3 is 2.76 bits per heavy atom. The molecule has 2 rings (SSSR count). The molecule has 0 aliphatic rings. The molecule has 0 spiro atoms. The van der Waals surface area contributed by atoms with E-state index in [9.17, 15) is 13.2 Å². The minimum absolute atomic E-state index is 0.00891. The topological polar surface area (TPSA) is 96.4 Å². The molecular formula is C13H14N2O4S2. The fraction of sp³-hybridized carbons (Fsp3) is 0.231. The lowest BCUT2D eigenvalue weighted by molar-refractivity contribution is 0.0695. The smallest absolute Gasteiger partial charge is 0.336 e. The van der Waals surface area contributed by atoms with E-state index in [1.165, 1.54) is 29.5 Å². The lowest BCUT2D eigenvalue weighted by Crippen LogP contribution is -2.23. The summed E-state index contributed by atoms with van der Waals surface area (Å²) in [6, 6.07) is 4.13. The summed E-state index contributed by atoms with van der Waals surface area (Å²) in [4.78, 5) is 15.1. The van der Waals surface area contributed by atoms with E-state index >= 15 is 0 Å². The van der Waals surface area contributed by atoms with Gasteiger partial charge in [0.1, 0.15) is 5.01 Å². The summed E-state index contributed by atoms with van der Waals surface area (Å²) in [5.74, 6) is -1.14. The first-order valence-electron chi connectivity index (χ1n) is 6.18. The highest BCUT2D eigenvalue weighted by atomic mass is 32.2. The van der Waals surface area contributed by atoms with Gasteiger partial charge in [0, 0.05) is 11.6 Å². The maximum absolute atomic E-state index is 12.2. The molecule has 0 saturated carbocycles. The quantitative estimate of drug-likeness (QED) is 0.845. The van der Waals surface area contributed by atoms with Crippen molar-refractivity contribution in [3.05, 3.63) is 45.9 Å². The number of aromatic carboxylic acids is 1. The number of hydrogen-bond donors (Lipinski definition) is 2. The van der Waals surface area contributed by atoms with Crippen molar-refractivity contribution in [2.45, 2.75) is 24.8 Å². The van der Waals surface area contributed by atoms with Gasteiger partial charge in [-0.2, -0.15) is 0 Å². The van der Waals surface area contributed by atoms with Crippen LogP contribution in [-0.4, -0.2) is 24.5 Å².